The van der Waals surface area contributed by atoms with Crippen LogP contribution in [0.2, 0.25) is 0 Å². The summed E-state index contributed by atoms with van der Waals surface area (Å²) < 4.78 is 52.7. The predicted octanol–water partition coefficient (Wildman–Crippen LogP) is 6.72. The van der Waals surface area contributed by atoms with Crippen molar-refractivity contribution in [3.8, 4) is 0 Å². The first-order valence-electron chi connectivity index (χ1n) is 9.85. The molecule has 0 fully saturated rings. The normalized spacial score (nSPS) is 11.0. The second-order valence-corrected chi connectivity index (χ2v) is 7.13. The Balaban J connectivity index is 1.51. The fraction of sp³-hybridized carbons (Fsp3) is 0.435. The smallest absolute Gasteiger partial charge is 0.132 e. The topological polar surface area (TPSA) is 17.1 Å². The van der Waals surface area contributed by atoms with Crippen molar-refractivity contribution >= 4 is 5.78 Å². The average molecular weight is 394 g/mol. The second kappa shape index (κ2) is 11.6. The molecule has 0 heterocycles. The van der Waals surface area contributed by atoms with Gasteiger partial charge < -0.3 is 0 Å². The van der Waals surface area contributed by atoms with Crippen molar-refractivity contribution < 1.29 is 22.4 Å². The first-order valence-corrected chi connectivity index (χ1v) is 9.85. The molecule has 0 aromatic heterocycles. The van der Waals surface area contributed by atoms with E-state index in [1.54, 1.807) is 0 Å². The number of ketones is 1. The van der Waals surface area contributed by atoms with Crippen molar-refractivity contribution in [2.45, 2.75) is 64.2 Å². The van der Waals surface area contributed by atoms with Gasteiger partial charge in [0.05, 0.1) is 0 Å². The first-order chi connectivity index (χ1) is 13.5. The molecular weight excluding hydrogens is 368 g/mol. The molecule has 28 heavy (non-hydrogen) atoms. The number of hydrogen-bond donors (Lipinski definition) is 0. The van der Waals surface area contributed by atoms with E-state index >= 15 is 0 Å². The molecular formula is C23H26F4O. The van der Waals surface area contributed by atoms with Crippen LogP contribution in [0.1, 0.15) is 62.5 Å². The highest BCUT2D eigenvalue weighted by atomic mass is 19.1. The number of carbonyl (C=O) groups is 1. The Morgan fingerprint density at radius 3 is 1.43 bits per heavy atom. The van der Waals surface area contributed by atoms with Crippen molar-refractivity contribution in [1.82, 2.24) is 0 Å². The van der Waals surface area contributed by atoms with E-state index in [4.69, 9.17) is 0 Å². The summed E-state index contributed by atoms with van der Waals surface area (Å²) >= 11 is 0. The minimum absolute atomic E-state index is 0.209. The Kier molecular flexibility index (Phi) is 9.18. The van der Waals surface area contributed by atoms with E-state index in [1.165, 1.54) is 24.3 Å². The number of Topliss-reactive ketones (excluding diaryl/α,β-unsaturated/α-hetero) is 1. The van der Waals surface area contributed by atoms with Crippen molar-refractivity contribution in [1.29, 1.82) is 0 Å². The molecule has 0 aliphatic rings. The van der Waals surface area contributed by atoms with Gasteiger partial charge in [-0.25, -0.2) is 17.6 Å². The average Bonchev–Trinajstić information content (AvgIpc) is 2.64. The van der Waals surface area contributed by atoms with Crippen LogP contribution in [-0.4, -0.2) is 5.78 Å². The van der Waals surface area contributed by atoms with Crippen molar-refractivity contribution in [2.24, 2.45) is 0 Å². The highest BCUT2D eigenvalue weighted by molar-refractivity contribution is 5.78. The molecule has 0 N–H and O–H groups in total. The molecule has 5 heteroatoms. The van der Waals surface area contributed by atoms with Crippen LogP contribution in [0.25, 0.3) is 0 Å². The maximum absolute atomic E-state index is 13.5. The Bertz CT molecular complexity index is 710. The van der Waals surface area contributed by atoms with Crippen LogP contribution >= 0.6 is 0 Å². The van der Waals surface area contributed by atoms with Crippen molar-refractivity contribution in [3.63, 3.8) is 0 Å². The second-order valence-electron chi connectivity index (χ2n) is 7.13. The highest BCUT2D eigenvalue weighted by Crippen LogP contribution is 2.16. The number of aryl methyl sites for hydroxylation is 2. The molecule has 0 bridgehead atoms. The summed E-state index contributed by atoms with van der Waals surface area (Å²) in [6.45, 7) is 0. The van der Waals surface area contributed by atoms with Crippen LogP contribution < -0.4 is 0 Å². The van der Waals surface area contributed by atoms with E-state index in [1.807, 2.05) is 0 Å². The van der Waals surface area contributed by atoms with Gasteiger partial charge in [0.2, 0.25) is 0 Å². The number of benzene rings is 2. The van der Waals surface area contributed by atoms with E-state index in [0.717, 1.165) is 50.7 Å². The zero-order valence-electron chi connectivity index (χ0n) is 16.0. The summed E-state index contributed by atoms with van der Waals surface area (Å²) in [5.41, 5.74) is 1.01. The van der Waals surface area contributed by atoms with Crippen LogP contribution in [0.15, 0.2) is 36.4 Å². The van der Waals surface area contributed by atoms with Crippen LogP contribution in [0, 0.1) is 23.3 Å². The maximum Gasteiger partial charge on any atom is 0.132 e. The fourth-order valence-electron chi connectivity index (χ4n) is 3.20. The van der Waals surface area contributed by atoms with E-state index in [-0.39, 0.29) is 5.78 Å². The lowest BCUT2D eigenvalue weighted by atomic mass is 10.0. The van der Waals surface area contributed by atoms with Crippen LogP contribution in [-0.2, 0) is 17.6 Å². The molecule has 1 nitrogen and oxygen atoms in total. The summed E-state index contributed by atoms with van der Waals surface area (Å²) in [7, 11) is 0. The predicted molar refractivity (Wildman–Crippen MR) is 102 cm³/mol. The molecule has 0 amide bonds. The summed E-state index contributed by atoms with van der Waals surface area (Å²) in [6, 6.07) is 7.23. The minimum atomic E-state index is -0.574. The Labute approximate surface area is 163 Å². The lowest BCUT2D eigenvalue weighted by Crippen LogP contribution is -1.99. The molecule has 2 aromatic rings. The number of unbranched alkanes of at least 4 members (excludes halogenated alkanes) is 4. The lowest BCUT2D eigenvalue weighted by Gasteiger charge is -2.05. The van der Waals surface area contributed by atoms with Crippen molar-refractivity contribution in [3.05, 3.63) is 70.8 Å². The molecule has 0 spiro atoms. The fourth-order valence-corrected chi connectivity index (χ4v) is 3.20. The standard InChI is InChI=1S/C23H26F4O/c24-19-13-11-17(22(26)15-19)7-3-1-5-9-21(28)10-6-2-4-8-18-12-14-20(25)16-23(18)27/h11-16H,1-10H2. The molecule has 152 valence electrons. The van der Waals surface area contributed by atoms with E-state index < -0.39 is 23.3 Å². The number of rotatable bonds is 12. The van der Waals surface area contributed by atoms with Gasteiger partial charge in [0.15, 0.2) is 0 Å². The van der Waals surface area contributed by atoms with Gasteiger partial charge in [0, 0.05) is 25.0 Å². The summed E-state index contributed by atoms with van der Waals surface area (Å²) in [6.07, 6.45) is 6.82. The third kappa shape index (κ3) is 7.83. The Morgan fingerprint density at radius 1 is 0.607 bits per heavy atom. The molecule has 0 saturated heterocycles. The Morgan fingerprint density at radius 2 is 1.04 bits per heavy atom. The minimum Gasteiger partial charge on any atom is -0.300 e. The van der Waals surface area contributed by atoms with Crippen LogP contribution in [0.4, 0.5) is 17.6 Å². The van der Waals surface area contributed by atoms with Gasteiger partial charge in [-0.15, -0.1) is 0 Å². The van der Waals surface area contributed by atoms with Gasteiger partial charge in [-0.05, 0) is 61.8 Å². The summed E-state index contributed by atoms with van der Waals surface area (Å²) in [5, 5.41) is 0. The third-order valence-corrected chi connectivity index (χ3v) is 4.83. The third-order valence-electron chi connectivity index (χ3n) is 4.83. The first kappa shape index (κ1) is 22.1. The number of carbonyl (C=O) groups excluding carboxylic acids is 1. The molecule has 0 unspecified atom stereocenters. The monoisotopic (exact) mass is 394 g/mol. The molecule has 2 rings (SSSR count). The summed E-state index contributed by atoms with van der Waals surface area (Å²) in [4.78, 5) is 11.9. The summed E-state index contributed by atoms with van der Waals surface area (Å²) in [5.74, 6) is -1.97. The highest BCUT2D eigenvalue weighted by Gasteiger charge is 2.06. The van der Waals surface area contributed by atoms with E-state index in [9.17, 15) is 22.4 Å². The Hall–Kier alpha value is -2.17. The van der Waals surface area contributed by atoms with Crippen LogP contribution in [0.5, 0.6) is 0 Å². The van der Waals surface area contributed by atoms with Gasteiger partial charge in [0.25, 0.3) is 0 Å². The van der Waals surface area contributed by atoms with Gasteiger partial charge in [-0.1, -0.05) is 25.0 Å². The zero-order valence-corrected chi connectivity index (χ0v) is 16.0. The molecule has 0 saturated carbocycles. The quantitative estimate of drug-likeness (QED) is 0.288. The lowest BCUT2D eigenvalue weighted by molar-refractivity contribution is -0.119. The van der Waals surface area contributed by atoms with Crippen molar-refractivity contribution in [2.75, 3.05) is 0 Å². The number of halogens is 4. The molecule has 0 radical (unpaired) electrons. The molecule has 0 atom stereocenters. The van der Waals surface area contributed by atoms with Crippen LogP contribution in [0.3, 0.4) is 0 Å². The van der Waals surface area contributed by atoms with E-state index in [0.29, 0.717) is 36.8 Å². The van der Waals surface area contributed by atoms with Gasteiger partial charge in [-0.3, -0.25) is 4.79 Å². The molecule has 0 aliphatic carbocycles. The molecule has 2 aromatic carbocycles. The van der Waals surface area contributed by atoms with Gasteiger partial charge >= 0.3 is 0 Å². The largest absolute Gasteiger partial charge is 0.300 e. The van der Waals surface area contributed by atoms with Gasteiger partial charge in [-0.2, -0.15) is 0 Å². The zero-order chi connectivity index (χ0) is 20.4. The maximum atomic E-state index is 13.5. The SMILES string of the molecule is O=C(CCCCCc1ccc(F)cc1F)CCCCCc1ccc(F)cc1F. The van der Waals surface area contributed by atoms with E-state index in [2.05, 4.69) is 0 Å². The molecule has 0 aliphatic heterocycles. The number of hydrogen-bond acceptors (Lipinski definition) is 1. The van der Waals surface area contributed by atoms with Gasteiger partial charge in [0.1, 0.15) is 29.1 Å².